The molecular formula is C21H23ClN2O3. The van der Waals surface area contributed by atoms with E-state index >= 15 is 0 Å². The quantitative estimate of drug-likeness (QED) is 0.747. The topological polar surface area (TPSA) is 67.4 Å². The molecule has 0 radical (unpaired) electrons. The molecule has 6 heteroatoms. The van der Waals surface area contributed by atoms with Crippen molar-refractivity contribution < 1.29 is 14.3 Å². The normalized spacial score (nSPS) is 14.3. The first-order valence-corrected chi connectivity index (χ1v) is 9.39. The van der Waals surface area contributed by atoms with Gasteiger partial charge in [-0.15, -0.1) is 0 Å². The fourth-order valence-electron chi connectivity index (χ4n) is 2.67. The van der Waals surface area contributed by atoms with Crippen molar-refractivity contribution in [3.63, 3.8) is 0 Å². The Morgan fingerprint density at radius 2 is 1.89 bits per heavy atom. The van der Waals surface area contributed by atoms with E-state index < -0.39 is 0 Å². The molecule has 0 heterocycles. The van der Waals surface area contributed by atoms with E-state index in [4.69, 9.17) is 16.3 Å². The van der Waals surface area contributed by atoms with Gasteiger partial charge in [-0.1, -0.05) is 23.7 Å². The minimum Gasteiger partial charge on any atom is -0.484 e. The molecule has 5 nitrogen and oxygen atoms in total. The summed E-state index contributed by atoms with van der Waals surface area (Å²) >= 11 is 5.98. The lowest BCUT2D eigenvalue weighted by Gasteiger charge is -2.15. The smallest absolute Gasteiger partial charge is 0.258 e. The Bertz CT molecular complexity index is 832. The Morgan fingerprint density at radius 3 is 2.52 bits per heavy atom. The molecule has 2 N–H and O–H groups in total. The number of carbonyl (C=O) groups excluding carboxylic acids is 2. The lowest BCUT2D eigenvalue weighted by atomic mass is 10.1. The summed E-state index contributed by atoms with van der Waals surface area (Å²) in [4.78, 5) is 23.9. The third kappa shape index (κ3) is 5.47. The zero-order valence-corrected chi connectivity index (χ0v) is 16.2. The van der Waals surface area contributed by atoms with Crippen molar-refractivity contribution in [1.82, 2.24) is 5.32 Å². The Balaban J connectivity index is 1.48. The van der Waals surface area contributed by atoms with Crippen molar-refractivity contribution in [2.45, 2.75) is 32.7 Å². The van der Waals surface area contributed by atoms with E-state index in [2.05, 4.69) is 10.6 Å². The molecule has 2 aromatic carbocycles. The van der Waals surface area contributed by atoms with Crippen molar-refractivity contribution >= 4 is 29.1 Å². The van der Waals surface area contributed by atoms with Crippen LogP contribution in [0.2, 0.25) is 5.02 Å². The maximum Gasteiger partial charge on any atom is 0.258 e. The van der Waals surface area contributed by atoms with Crippen LogP contribution in [0.25, 0.3) is 0 Å². The Morgan fingerprint density at radius 1 is 1.19 bits per heavy atom. The first kappa shape index (κ1) is 19.2. The second-order valence-electron chi connectivity index (χ2n) is 6.87. The number of amides is 2. The van der Waals surface area contributed by atoms with Gasteiger partial charge in [0.15, 0.2) is 6.61 Å². The highest BCUT2D eigenvalue weighted by molar-refractivity contribution is 6.31. The summed E-state index contributed by atoms with van der Waals surface area (Å²) < 4.78 is 5.51. The van der Waals surface area contributed by atoms with Gasteiger partial charge in [0.1, 0.15) is 5.75 Å². The van der Waals surface area contributed by atoms with Gasteiger partial charge >= 0.3 is 0 Å². The van der Waals surface area contributed by atoms with Crippen LogP contribution in [-0.4, -0.2) is 18.4 Å². The second kappa shape index (κ2) is 8.44. The van der Waals surface area contributed by atoms with Crippen molar-refractivity contribution in [2.24, 2.45) is 5.92 Å². The molecule has 2 amide bonds. The largest absolute Gasteiger partial charge is 0.484 e. The van der Waals surface area contributed by atoms with Crippen LogP contribution in [0.15, 0.2) is 42.5 Å². The highest BCUT2D eigenvalue weighted by Crippen LogP contribution is 2.30. The van der Waals surface area contributed by atoms with E-state index in [1.54, 1.807) is 18.2 Å². The number of carbonyl (C=O) groups is 2. The predicted octanol–water partition coefficient (Wildman–Crippen LogP) is 4.25. The highest BCUT2D eigenvalue weighted by atomic mass is 35.5. The number of halogens is 1. The summed E-state index contributed by atoms with van der Waals surface area (Å²) in [6.07, 6.45) is 1.95. The maximum atomic E-state index is 12.1. The molecule has 2 aromatic rings. The zero-order chi connectivity index (χ0) is 19.4. The van der Waals surface area contributed by atoms with Crippen LogP contribution < -0.4 is 15.4 Å². The van der Waals surface area contributed by atoms with Crippen LogP contribution in [0, 0.1) is 12.8 Å². The van der Waals surface area contributed by atoms with Crippen molar-refractivity contribution in [3.8, 4) is 5.75 Å². The van der Waals surface area contributed by atoms with E-state index in [9.17, 15) is 9.59 Å². The minimum atomic E-state index is -0.207. The van der Waals surface area contributed by atoms with Gasteiger partial charge in [0, 0.05) is 16.6 Å². The van der Waals surface area contributed by atoms with Crippen molar-refractivity contribution in [3.05, 3.63) is 58.6 Å². The molecule has 0 spiro atoms. The molecule has 0 aliphatic heterocycles. The number of nitrogens with one attached hydrogen (secondary N) is 2. The second-order valence-corrected chi connectivity index (χ2v) is 7.28. The van der Waals surface area contributed by atoms with Gasteiger partial charge in [0.05, 0.1) is 6.04 Å². The standard InChI is InChI=1S/C21H23ClN2O3/c1-13-11-18(9-10-19(13)22)27-12-20(25)23-14(2)15-5-7-17(8-6-15)24-21(26)16-3-4-16/h5-11,14,16H,3-4,12H2,1-2H3,(H,23,25)(H,24,26). The summed E-state index contributed by atoms with van der Waals surface area (Å²) in [6, 6.07) is 12.6. The lowest BCUT2D eigenvalue weighted by Crippen LogP contribution is -2.31. The number of hydrogen-bond donors (Lipinski definition) is 2. The van der Waals surface area contributed by atoms with Crippen LogP contribution in [-0.2, 0) is 9.59 Å². The number of benzene rings is 2. The van der Waals surface area contributed by atoms with Gasteiger partial charge in [0.2, 0.25) is 5.91 Å². The average molecular weight is 387 g/mol. The van der Waals surface area contributed by atoms with Crippen LogP contribution in [0.5, 0.6) is 5.75 Å². The highest BCUT2D eigenvalue weighted by Gasteiger charge is 2.29. The fourth-order valence-corrected chi connectivity index (χ4v) is 2.78. The summed E-state index contributed by atoms with van der Waals surface area (Å²) in [5, 5.41) is 6.47. The molecule has 0 aromatic heterocycles. The molecule has 0 saturated heterocycles. The molecule has 0 bridgehead atoms. The predicted molar refractivity (Wildman–Crippen MR) is 106 cm³/mol. The Labute approximate surface area is 164 Å². The number of anilines is 1. The first-order valence-electron chi connectivity index (χ1n) is 9.01. The fraction of sp³-hybridized carbons (Fsp3) is 0.333. The molecule has 1 atom stereocenters. The molecule has 1 unspecified atom stereocenters. The van der Waals surface area contributed by atoms with Crippen LogP contribution in [0.1, 0.15) is 36.9 Å². The molecule has 142 valence electrons. The number of aryl methyl sites for hydroxylation is 1. The zero-order valence-electron chi connectivity index (χ0n) is 15.4. The average Bonchev–Trinajstić information content (AvgIpc) is 3.48. The molecule has 1 aliphatic carbocycles. The van der Waals surface area contributed by atoms with Crippen molar-refractivity contribution in [1.29, 1.82) is 0 Å². The van der Waals surface area contributed by atoms with Gasteiger partial charge in [-0.25, -0.2) is 0 Å². The van der Waals surface area contributed by atoms with Crippen molar-refractivity contribution in [2.75, 3.05) is 11.9 Å². The number of rotatable bonds is 7. The minimum absolute atomic E-state index is 0.0685. The Hall–Kier alpha value is -2.53. The first-order chi connectivity index (χ1) is 12.9. The van der Waals surface area contributed by atoms with E-state index in [0.29, 0.717) is 10.8 Å². The Kier molecular flexibility index (Phi) is 6.01. The van der Waals surface area contributed by atoms with Gasteiger partial charge in [-0.2, -0.15) is 0 Å². The maximum absolute atomic E-state index is 12.1. The molecule has 1 fully saturated rings. The van der Waals surface area contributed by atoms with E-state index in [0.717, 1.165) is 29.7 Å². The lowest BCUT2D eigenvalue weighted by molar-refractivity contribution is -0.123. The third-order valence-electron chi connectivity index (χ3n) is 4.50. The van der Waals surface area contributed by atoms with Gasteiger partial charge < -0.3 is 15.4 Å². The van der Waals surface area contributed by atoms with Gasteiger partial charge in [0.25, 0.3) is 5.91 Å². The van der Waals surface area contributed by atoms with E-state index in [-0.39, 0.29) is 30.4 Å². The molecule has 1 saturated carbocycles. The molecular weight excluding hydrogens is 364 g/mol. The summed E-state index contributed by atoms with van der Waals surface area (Å²) in [6.45, 7) is 3.72. The molecule has 1 aliphatic rings. The van der Waals surface area contributed by atoms with Gasteiger partial charge in [-0.05, 0) is 68.1 Å². The van der Waals surface area contributed by atoms with Crippen LogP contribution in [0.3, 0.4) is 0 Å². The van der Waals surface area contributed by atoms with Gasteiger partial charge in [-0.3, -0.25) is 9.59 Å². The monoisotopic (exact) mass is 386 g/mol. The SMILES string of the molecule is Cc1cc(OCC(=O)NC(C)c2ccc(NC(=O)C3CC3)cc2)ccc1Cl. The third-order valence-corrected chi connectivity index (χ3v) is 4.93. The number of hydrogen-bond acceptors (Lipinski definition) is 3. The van der Waals surface area contributed by atoms with Crippen LogP contribution in [0.4, 0.5) is 5.69 Å². The van der Waals surface area contributed by atoms with E-state index in [1.807, 2.05) is 38.1 Å². The summed E-state index contributed by atoms with van der Waals surface area (Å²) in [5.74, 6) is 0.655. The summed E-state index contributed by atoms with van der Waals surface area (Å²) in [5.41, 5.74) is 2.63. The van der Waals surface area contributed by atoms with Crippen LogP contribution >= 0.6 is 11.6 Å². The molecule has 3 rings (SSSR count). The molecule has 27 heavy (non-hydrogen) atoms. The van der Waals surface area contributed by atoms with E-state index in [1.165, 1.54) is 0 Å². The number of ether oxygens (including phenoxy) is 1. The summed E-state index contributed by atoms with van der Waals surface area (Å²) in [7, 11) is 0.